The van der Waals surface area contributed by atoms with E-state index in [0.717, 1.165) is 0 Å². The van der Waals surface area contributed by atoms with Crippen LogP contribution in [-0.4, -0.2) is 42.7 Å². The van der Waals surface area contributed by atoms with Crippen LogP contribution in [0.4, 0.5) is 5.69 Å². The number of nitrogen functional groups attached to an aromatic ring is 1. The largest absolute Gasteiger partial charge is 0.492 e. The maximum absolute atomic E-state index is 12.5. The molecule has 110 valence electrons. The normalized spacial score (nSPS) is 22.6. The van der Waals surface area contributed by atoms with E-state index in [1.54, 1.807) is 18.2 Å². The summed E-state index contributed by atoms with van der Waals surface area (Å²) in [5.41, 5.74) is 6.99. The van der Waals surface area contributed by atoms with Crippen molar-refractivity contribution in [2.75, 3.05) is 25.4 Å². The Hall–Kier alpha value is -1.75. The van der Waals surface area contributed by atoms with Gasteiger partial charge in [-0.25, -0.2) is 0 Å². The Kier molecular flexibility index (Phi) is 4.49. The number of morpholine rings is 1. The monoisotopic (exact) mass is 278 g/mol. The summed E-state index contributed by atoms with van der Waals surface area (Å²) in [5.74, 6) is 0.606. The van der Waals surface area contributed by atoms with Crippen LogP contribution in [0.1, 0.15) is 31.1 Å². The van der Waals surface area contributed by atoms with Crippen LogP contribution in [-0.2, 0) is 4.74 Å². The quantitative estimate of drug-likeness (QED) is 0.858. The van der Waals surface area contributed by atoms with Gasteiger partial charge in [-0.15, -0.1) is 0 Å². The zero-order chi connectivity index (χ0) is 14.7. The lowest BCUT2D eigenvalue weighted by Crippen LogP contribution is -2.48. The molecule has 20 heavy (non-hydrogen) atoms. The summed E-state index contributed by atoms with van der Waals surface area (Å²) in [5, 5.41) is 0. The van der Waals surface area contributed by atoms with Gasteiger partial charge in [-0.05, 0) is 39.0 Å². The number of rotatable bonds is 3. The molecular weight excluding hydrogens is 256 g/mol. The van der Waals surface area contributed by atoms with E-state index in [1.165, 1.54) is 0 Å². The summed E-state index contributed by atoms with van der Waals surface area (Å²) in [6.07, 6.45) is 0.116. The molecule has 0 saturated carbocycles. The molecule has 0 unspecified atom stereocenters. The number of benzene rings is 1. The highest BCUT2D eigenvalue weighted by Crippen LogP contribution is 2.24. The lowest BCUT2D eigenvalue weighted by molar-refractivity contribution is -0.0586. The molecule has 5 nitrogen and oxygen atoms in total. The van der Waals surface area contributed by atoms with Crippen molar-refractivity contribution < 1.29 is 14.3 Å². The third-order valence-corrected chi connectivity index (χ3v) is 3.26. The standard InChI is InChI=1S/C15H22N2O3/c1-4-19-14-6-5-12(7-13(14)16)15(18)17-8-10(2)20-11(3)9-17/h5-7,10-11H,4,8-9,16H2,1-3H3/t10-,11-/m1/s1. The Morgan fingerprint density at radius 1 is 1.40 bits per heavy atom. The van der Waals surface area contributed by atoms with Crippen LogP contribution < -0.4 is 10.5 Å². The zero-order valence-corrected chi connectivity index (χ0v) is 12.3. The molecule has 1 aromatic rings. The van der Waals surface area contributed by atoms with Crippen LogP contribution in [0.5, 0.6) is 5.75 Å². The minimum atomic E-state index is -0.0123. The fraction of sp³-hybridized carbons (Fsp3) is 0.533. The molecule has 1 aromatic carbocycles. The smallest absolute Gasteiger partial charge is 0.254 e. The highest BCUT2D eigenvalue weighted by Gasteiger charge is 2.26. The van der Waals surface area contributed by atoms with Crippen LogP contribution in [0.2, 0.25) is 0 Å². The summed E-state index contributed by atoms with van der Waals surface area (Å²) >= 11 is 0. The number of hydrogen-bond donors (Lipinski definition) is 1. The molecule has 0 radical (unpaired) electrons. The van der Waals surface area contributed by atoms with E-state index >= 15 is 0 Å². The van der Waals surface area contributed by atoms with Crippen molar-refractivity contribution >= 4 is 11.6 Å². The van der Waals surface area contributed by atoms with Gasteiger partial charge in [0.15, 0.2) is 0 Å². The molecule has 0 spiro atoms. The van der Waals surface area contributed by atoms with Gasteiger partial charge < -0.3 is 20.1 Å². The minimum Gasteiger partial charge on any atom is -0.492 e. The third kappa shape index (κ3) is 3.22. The Morgan fingerprint density at radius 3 is 2.60 bits per heavy atom. The van der Waals surface area contributed by atoms with Crippen molar-refractivity contribution in [2.45, 2.75) is 33.0 Å². The Labute approximate surface area is 119 Å². The zero-order valence-electron chi connectivity index (χ0n) is 12.3. The highest BCUT2D eigenvalue weighted by molar-refractivity contribution is 5.95. The number of anilines is 1. The molecule has 1 saturated heterocycles. The predicted octanol–water partition coefficient (Wildman–Crippen LogP) is 1.92. The average Bonchev–Trinajstić information content (AvgIpc) is 2.39. The lowest BCUT2D eigenvalue weighted by atomic mass is 10.1. The number of nitrogens with zero attached hydrogens (tertiary/aromatic N) is 1. The topological polar surface area (TPSA) is 64.8 Å². The number of carbonyl (C=O) groups excluding carboxylic acids is 1. The summed E-state index contributed by atoms with van der Waals surface area (Å²) in [4.78, 5) is 14.3. The van der Waals surface area contributed by atoms with E-state index in [-0.39, 0.29) is 18.1 Å². The first-order chi connectivity index (χ1) is 9.51. The molecule has 2 rings (SSSR count). The van der Waals surface area contributed by atoms with Crippen LogP contribution in [0, 0.1) is 0 Å². The number of nitrogens with two attached hydrogens (primary N) is 1. The average molecular weight is 278 g/mol. The molecule has 2 atom stereocenters. The molecule has 0 aromatic heterocycles. The minimum absolute atomic E-state index is 0.0123. The molecular formula is C15H22N2O3. The second kappa shape index (κ2) is 6.13. The van der Waals surface area contributed by atoms with Gasteiger partial charge in [-0.3, -0.25) is 4.79 Å². The molecule has 1 aliphatic heterocycles. The summed E-state index contributed by atoms with van der Waals surface area (Å²) < 4.78 is 11.0. The van der Waals surface area contributed by atoms with Gasteiger partial charge in [0.05, 0.1) is 24.5 Å². The first kappa shape index (κ1) is 14.7. The van der Waals surface area contributed by atoms with Crippen molar-refractivity contribution in [1.29, 1.82) is 0 Å². The van der Waals surface area contributed by atoms with Crippen LogP contribution in [0.25, 0.3) is 0 Å². The van der Waals surface area contributed by atoms with Gasteiger partial charge >= 0.3 is 0 Å². The van der Waals surface area contributed by atoms with E-state index in [0.29, 0.717) is 36.7 Å². The molecule has 1 amide bonds. The van der Waals surface area contributed by atoms with Crippen LogP contribution in [0.15, 0.2) is 18.2 Å². The van der Waals surface area contributed by atoms with E-state index in [2.05, 4.69) is 0 Å². The van der Waals surface area contributed by atoms with Gasteiger partial charge in [0, 0.05) is 18.7 Å². The van der Waals surface area contributed by atoms with Crippen LogP contribution >= 0.6 is 0 Å². The van der Waals surface area contributed by atoms with Gasteiger partial charge in [0.2, 0.25) is 0 Å². The van der Waals surface area contributed by atoms with Crippen molar-refractivity contribution in [1.82, 2.24) is 4.90 Å². The number of hydrogen-bond acceptors (Lipinski definition) is 4. The summed E-state index contributed by atoms with van der Waals surface area (Å²) in [7, 11) is 0. The number of ether oxygens (including phenoxy) is 2. The van der Waals surface area contributed by atoms with E-state index in [1.807, 2.05) is 25.7 Å². The highest BCUT2D eigenvalue weighted by atomic mass is 16.5. The lowest BCUT2D eigenvalue weighted by Gasteiger charge is -2.35. The maximum Gasteiger partial charge on any atom is 0.254 e. The Morgan fingerprint density at radius 2 is 2.05 bits per heavy atom. The Balaban J connectivity index is 2.14. The van der Waals surface area contributed by atoms with Crippen molar-refractivity contribution in [3.05, 3.63) is 23.8 Å². The molecule has 1 aliphatic rings. The number of carbonyl (C=O) groups is 1. The second-order valence-electron chi connectivity index (χ2n) is 5.15. The fourth-order valence-corrected chi connectivity index (χ4v) is 2.49. The summed E-state index contributed by atoms with van der Waals surface area (Å²) in [6, 6.07) is 5.19. The van der Waals surface area contributed by atoms with E-state index < -0.39 is 0 Å². The Bertz CT molecular complexity index is 480. The van der Waals surface area contributed by atoms with Gasteiger partial charge in [-0.1, -0.05) is 0 Å². The molecule has 0 bridgehead atoms. The number of amides is 1. The molecule has 2 N–H and O–H groups in total. The van der Waals surface area contributed by atoms with E-state index in [9.17, 15) is 4.79 Å². The molecule has 1 fully saturated rings. The SMILES string of the molecule is CCOc1ccc(C(=O)N2C[C@@H](C)O[C@H](C)C2)cc1N. The molecule has 1 heterocycles. The first-order valence-electron chi connectivity index (χ1n) is 6.98. The molecule has 0 aliphatic carbocycles. The third-order valence-electron chi connectivity index (χ3n) is 3.26. The van der Waals surface area contributed by atoms with Crippen molar-refractivity contribution in [3.63, 3.8) is 0 Å². The predicted molar refractivity (Wildman–Crippen MR) is 77.9 cm³/mol. The van der Waals surface area contributed by atoms with Crippen LogP contribution in [0.3, 0.4) is 0 Å². The van der Waals surface area contributed by atoms with E-state index in [4.69, 9.17) is 15.2 Å². The van der Waals surface area contributed by atoms with Gasteiger partial charge in [0.1, 0.15) is 5.75 Å². The summed E-state index contributed by atoms with van der Waals surface area (Å²) in [6.45, 7) is 7.61. The van der Waals surface area contributed by atoms with Gasteiger partial charge in [-0.2, -0.15) is 0 Å². The van der Waals surface area contributed by atoms with Crippen molar-refractivity contribution in [2.24, 2.45) is 0 Å². The first-order valence-corrected chi connectivity index (χ1v) is 6.98. The molecule has 5 heteroatoms. The van der Waals surface area contributed by atoms with Crippen molar-refractivity contribution in [3.8, 4) is 5.75 Å². The fourth-order valence-electron chi connectivity index (χ4n) is 2.49. The second-order valence-corrected chi connectivity index (χ2v) is 5.15. The van der Waals surface area contributed by atoms with Gasteiger partial charge in [0.25, 0.3) is 5.91 Å². The maximum atomic E-state index is 12.5.